The van der Waals surface area contributed by atoms with Crippen LogP contribution in [0.25, 0.3) is 0 Å². The molecule has 2 aliphatic carbocycles. The Labute approximate surface area is 119 Å². The molecule has 2 rings (SSSR count). The monoisotopic (exact) mass is 267 g/mol. The SMILES string of the molecule is CNC(C(C)CCOC)C1CCC2CCCCC2C1. The van der Waals surface area contributed by atoms with Gasteiger partial charge in [0.25, 0.3) is 0 Å². The zero-order valence-corrected chi connectivity index (χ0v) is 13.2. The molecule has 2 heteroatoms. The van der Waals surface area contributed by atoms with Crippen LogP contribution in [-0.2, 0) is 4.74 Å². The molecular formula is C17H33NO. The second-order valence-electron chi connectivity index (χ2n) is 6.95. The Hall–Kier alpha value is -0.0800. The summed E-state index contributed by atoms with van der Waals surface area (Å²) in [4.78, 5) is 0. The Balaban J connectivity index is 1.88. The molecule has 19 heavy (non-hydrogen) atoms. The number of fused-ring (bicyclic) bond motifs is 1. The molecule has 2 saturated carbocycles. The van der Waals surface area contributed by atoms with Crippen molar-refractivity contribution in [2.24, 2.45) is 23.7 Å². The van der Waals surface area contributed by atoms with Crippen LogP contribution in [0.5, 0.6) is 0 Å². The van der Waals surface area contributed by atoms with E-state index in [2.05, 4.69) is 19.3 Å². The van der Waals surface area contributed by atoms with E-state index in [0.29, 0.717) is 6.04 Å². The number of methoxy groups -OCH3 is 1. The van der Waals surface area contributed by atoms with Crippen molar-refractivity contribution in [2.45, 2.75) is 64.3 Å². The molecule has 0 heterocycles. The van der Waals surface area contributed by atoms with Crippen LogP contribution in [0.1, 0.15) is 58.3 Å². The van der Waals surface area contributed by atoms with Crippen molar-refractivity contribution in [3.63, 3.8) is 0 Å². The molecule has 2 aliphatic rings. The molecule has 0 bridgehead atoms. The summed E-state index contributed by atoms with van der Waals surface area (Å²) < 4.78 is 5.25. The second kappa shape index (κ2) is 7.64. The van der Waals surface area contributed by atoms with Gasteiger partial charge in [0.2, 0.25) is 0 Å². The molecule has 0 radical (unpaired) electrons. The summed E-state index contributed by atoms with van der Waals surface area (Å²) in [6.45, 7) is 3.30. The van der Waals surface area contributed by atoms with Crippen LogP contribution in [0.3, 0.4) is 0 Å². The van der Waals surface area contributed by atoms with Crippen LogP contribution in [-0.4, -0.2) is 26.8 Å². The summed E-state index contributed by atoms with van der Waals surface area (Å²) in [5.74, 6) is 3.74. The lowest BCUT2D eigenvalue weighted by Gasteiger charge is -2.43. The first-order valence-electron chi connectivity index (χ1n) is 8.42. The quantitative estimate of drug-likeness (QED) is 0.789. The lowest BCUT2D eigenvalue weighted by molar-refractivity contribution is 0.0889. The summed E-state index contributed by atoms with van der Waals surface area (Å²) >= 11 is 0. The molecule has 2 nitrogen and oxygen atoms in total. The highest BCUT2D eigenvalue weighted by Crippen LogP contribution is 2.44. The van der Waals surface area contributed by atoms with E-state index in [1.807, 2.05) is 7.11 Å². The van der Waals surface area contributed by atoms with E-state index in [1.165, 1.54) is 51.4 Å². The van der Waals surface area contributed by atoms with Crippen molar-refractivity contribution in [3.05, 3.63) is 0 Å². The van der Waals surface area contributed by atoms with Gasteiger partial charge in [-0.15, -0.1) is 0 Å². The van der Waals surface area contributed by atoms with E-state index in [1.54, 1.807) is 0 Å². The average molecular weight is 267 g/mol. The number of rotatable bonds is 6. The van der Waals surface area contributed by atoms with E-state index < -0.39 is 0 Å². The number of nitrogens with one attached hydrogen (secondary N) is 1. The van der Waals surface area contributed by atoms with E-state index >= 15 is 0 Å². The Bertz CT molecular complexity index is 256. The summed E-state index contributed by atoms with van der Waals surface area (Å²) in [7, 11) is 3.97. The predicted molar refractivity (Wildman–Crippen MR) is 81.3 cm³/mol. The molecule has 0 aromatic heterocycles. The lowest BCUT2D eigenvalue weighted by atomic mass is 9.65. The van der Waals surface area contributed by atoms with Gasteiger partial charge in [-0.1, -0.05) is 32.6 Å². The molecule has 0 amide bonds. The number of ether oxygens (including phenoxy) is 1. The normalized spacial score (nSPS) is 34.6. The first-order valence-corrected chi connectivity index (χ1v) is 8.42. The third-order valence-electron chi connectivity index (χ3n) is 5.81. The molecule has 112 valence electrons. The Kier molecular flexibility index (Phi) is 6.15. The molecule has 0 aromatic rings. The molecule has 0 aromatic carbocycles. The molecule has 5 unspecified atom stereocenters. The smallest absolute Gasteiger partial charge is 0.0465 e. The fourth-order valence-electron chi connectivity index (χ4n) is 4.70. The van der Waals surface area contributed by atoms with Gasteiger partial charge in [-0.3, -0.25) is 0 Å². The minimum Gasteiger partial charge on any atom is -0.385 e. The number of hydrogen-bond acceptors (Lipinski definition) is 2. The topological polar surface area (TPSA) is 21.3 Å². The van der Waals surface area contributed by atoms with E-state index in [-0.39, 0.29) is 0 Å². The maximum Gasteiger partial charge on any atom is 0.0465 e. The van der Waals surface area contributed by atoms with Crippen LogP contribution in [0, 0.1) is 23.7 Å². The van der Waals surface area contributed by atoms with Gasteiger partial charge in [-0.05, 0) is 56.4 Å². The Morgan fingerprint density at radius 3 is 2.53 bits per heavy atom. The second-order valence-corrected chi connectivity index (χ2v) is 6.95. The van der Waals surface area contributed by atoms with Crippen LogP contribution in [0.2, 0.25) is 0 Å². The van der Waals surface area contributed by atoms with Crippen molar-refractivity contribution < 1.29 is 4.74 Å². The first kappa shape index (κ1) is 15.3. The largest absolute Gasteiger partial charge is 0.385 e. The van der Waals surface area contributed by atoms with Gasteiger partial charge in [-0.25, -0.2) is 0 Å². The fraction of sp³-hybridized carbons (Fsp3) is 1.00. The summed E-state index contributed by atoms with van der Waals surface area (Å²) in [5.41, 5.74) is 0. The van der Waals surface area contributed by atoms with Crippen LogP contribution in [0.4, 0.5) is 0 Å². The highest BCUT2D eigenvalue weighted by Gasteiger charge is 2.36. The zero-order valence-electron chi connectivity index (χ0n) is 13.2. The molecule has 1 N–H and O–H groups in total. The molecule has 0 aliphatic heterocycles. The Morgan fingerprint density at radius 1 is 1.11 bits per heavy atom. The number of hydrogen-bond donors (Lipinski definition) is 1. The minimum atomic E-state index is 0.693. The zero-order chi connectivity index (χ0) is 13.7. The van der Waals surface area contributed by atoms with Crippen molar-refractivity contribution in [1.29, 1.82) is 0 Å². The van der Waals surface area contributed by atoms with Crippen molar-refractivity contribution in [2.75, 3.05) is 20.8 Å². The lowest BCUT2D eigenvalue weighted by Crippen LogP contribution is -2.43. The van der Waals surface area contributed by atoms with Crippen molar-refractivity contribution in [1.82, 2.24) is 5.32 Å². The molecular weight excluding hydrogens is 234 g/mol. The average Bonchev–Trinajstić information content (AvgIpc) is 2.45. The standard InChI is InChI=1S/C17H33NO/c1-13(10-11-19-3)17(18-2)16-9-8-14-6-4-5-7-15(14)12-16/h13-18H,4-12H2,1-3H3. The first-order chi connectivity index (χ1) is 9.26. The highest BCUT2D eigenvalue weighted by molar-refractivity contribution is 4.89. The van der Waals surface area contributed by atoms with Crippen molar-refractivity contribution >= 4 is 0 Å². The van der Waals surface area contributed by atoms with E-state index in [0.717, 1.165) is 30.3 Å². The third-order valence-corrected chi connectivity index (χ3v) is 5.81. The van der Waals surface area contributed by atoms with Crippen LogP contribution < -0.4 is 5.32 Å². The summed E-state index contributed by atoms with van der Waals surface area (Å²) in [6, 6.07) is 0.693. The maximum atomic E-state index is 5.25. The molecule has 0 saturated heterocycles. The van der Waals surface area contributed by atoms with Gasteiger partial charge >= 0.3 is 0 Å². The van der Waals surface area contributed by atoms with Gasteiger partial charge in [0.05, 0.1) is 0 Å². The van der Waals surface area contributed by atoms with Gasteiger partial charge in [0.15, 0.2) is 0 Å². The molecule has 2 fully saturated rings. The summed E-state index contributed by atoms with van der Waals surface area (Å²) in [5, 5.41) is 3.62. The van der Waals surface area contributed by atoms with E-state index in [4.69, 9.17) is 4.74 Å². The van der Waals surface area contributed by atoms with Gasteiger partial charge in [0, 0.05) is 19.8 Å². The van der Waals surface area contributed by atoms with Crippen molar-refractivity contribution in [3.8, 4) is 0 Å². The Morgan fingerprint density at radius 2 is 1.84 bits per heavy atom. The predicted octanol–water partition coefficient (Wildman–Crippen LogP) is 3.85. The van der Waals surface area contributed by atoms with Crippen LogP contribution >= 0.6 is 0 Å². The van der Waals surface area contributed by atoms with Gasteiger partial charge in [-0.2, -0.15) is 0 Å². The third kappa shape index (κ3) is 3.95. The highest BCUT2D eigenvalue weighted by atomic mass is 16.5. The minimum absolute atomic E-state index is 0.693. The molecule has 5 atom stereocenters. The van der Waals surface area contributed by atoms with Gasteiger partial charge < -0.3 is 10.1 Å². The maximum absolute atomic E-state index is 5.25. The van der Waals surface area contributed by atoms with Crippen LogP contribution in [0.15, 0.2) is 0 Å². The molecule has 0 spiro atoms. The summed E-state index contributed by atoms with van der Waals surface area (Å²) in [6.07, 6.45) is 11.6. The fourth-order valence-corrected chi connectivity index (χ4v) is 4.70. The van der Waals surface area contributed by atoms with E-state index in [9.17, 15) is 0 Å². The van der Waals surface area contributed by atoms with Gasteiger partial charge in [0.1, 0.15) is 0 Å².